The van der Waals surface area contributed by atoms with Gasteiger partial charge in [-0.25, -0.2) is 0 Å². The molecule has 7 aromatic carbocycles. The fraction of sp³-hybridized carbons (Fsp3) is 0.0213. The number of para-hydroxylation sites is 2. The van der Waals surface area contributed by atoms with Gasteiger partial charge in [-0.05, 0) is 75.5 Å². The van der Waals surface area contributed by atoms with Gasteiger partial charge in [0, 0.05) is 22.2 Å². The van der Waals surface area contributed by atoms with Crippen LogP contribution in [0, 0.1) is 0 Å². The second kappa shape index (κ2) is 12.8. The molecule has 238 valence electrons. The van der Waals surface area contributed by atoms with Gasteiger partial charge in [0.2, 0.25) is 0 Å². The van der Waals surface area contributed by atoms with Crippen molar-refractivity contribution in [2.75, 3.05) is 4.90 Å². The van der Waals surface area contributed by atoms with Crippen molar-refractivity contribution in [3.63, 3.8) is 0 Å². The number of fused-ring (bicyclic) bond motifs is 3. The predicted octanol–water partition coefficient (Wildman–Crippen LogP) is 12.6. The van der Waals surface area contributed by atoms with E-state index in [1.807, 2.05) is 6.20 Å². The van der Waals surface area contributed by atoms with Gasteiger partial charge < -0.3 is 14.6 Å². The Labute approximate surface area is 292 Å². The molecule has 2 heterocycles. The first-order valence-corrected chi connectivity index (χ1v) is 17.1. The van der Waals surface area contributed by atoms with Gasteiger partial charge in [-0.3, -0.25) is 0 Å². The number of nitrogens with one attached hydrogen (secondary N) is 1. The summed E-state index contributed by atoms with van der Waals surface area (Å²) in [6.45, 7) is 0.669. The molecule has 0 atom stereocenters. The Balaban J connectivity index is 1.15. The highest BCUT2D eigenvalue weighted by molar-refractivity contribution is 6.02. The Kier molecular flexibility index (Phi) is 7.56. The first kappa shape index (κ1) is 29.6. The number of furan rings is 1. The van der Waals surface area contributed by atoms with Crippen LogP contribution in [-0.4, -0.2) is 0 Å². The van der Waals surface area contributed by atoms with E-state index in [1.165, 1.54) is 33.4 Å². The highest BCUT2D eigenvalue weighted by Crippen LogP contribution is 2.45. The van der Waals surface area contributed by atoms with Crippen molar-refractivity contribution in [3.8, 4) is 44.5 Å². The normalized spacial score (nSPS) is 12.0. The summed E-state index contributed by atoms with van der Waals surface area (Å²) in [5.41, 5.74) is 14.6. The van der Waals surface area contributed by atoms with Crippen LogP contribution in [0.25, 0.3) is 61.6 Å². The molecule has 50 heavy (non-hydrogen) atoms. The van der Waals surface area contributed by atoms with Crippen LogP contribution >= 0.6 is 0 Å². The number of anilines is 3. The van der Waals surface area contributed by atoms with Crippen molar-refractivity contribution in [2.45, 2.75) is 6.54 Å². The van der Waals surface area contributed by atoms with E-state index in [1.54, 1.807) is 0 Å². The molecule has 0 unspecified atom stereocenters. The van der Waals surface area contributed by atoms with Gasteiger partial charge in [0.05, 0.1) is 17.9 Å². The second-order valence-electron chi connectivity index (χ2n) is 12.6. The minimum absolute atomic E-state index is 0.669. The van der Waals surface area contributed by atoms with Crippen LogP contribution in [0.2, 0.25) is 0 Å². The Morgan fingerprint density at radius 2 is 0.940 bits per heavy atom. The molecule has 8 aromatic rings. The lowest BCUT2D eigenvalue weighted by Crippen LogP contribution is -2.11. The largest absolute Gasteiger partial charge is 0.456 e. The first-order chi connectivity index (χ1) is 24.8. The summed E-state index contributed by atoms with van der Waals surface area (Å²) in [5, 5.41) is 4.42. The monoisotopic (exact) mass is 642 g/mol. The number of hydrogen-bond acceptors (Lipinski definition) is 3. The second-order valence-corrected chi connectivity index (χ2v) is 12.6. The van der Waals surface area contributed by atoms with Crippen LogP contribution < -0.4 is 10.2 Å². The van der Waals surface area contributed by atoms with Gasteiger partial charge in [0.15, 0.2) is 5.58 Å². The van der Waals surface area contributed by atoms with Gasteiger partial charge >= 0.3 is 0 Å². The van der Waals surface area contributed by atoms with E-state index < -0.39 is 0 Å². The molecular formula is C47H34N2O. The summed E-state index contributed by atoms with van der Waals surface area (Å²) in [6, 6.07) is 62.7. The van der Waals surface area contributed by atoms with E-state index in [9.17, 15) is 0 Å². The molecule has 0 spiro atoms. The van der Waals surface area contributed by atoms with E-state index in [2.05, 4.69) is 192 Å². The van der Waals surface area contributed by atoms with Crippen molar-refractivity contribution in [3.05, 3.63) is 193 Å². The fourth-order valence-corrected chi connectivity index (χ4v) is 7.04. The lowest BCUT2D eigenvalue weighted by Gasteiger charge is -2.28. The summed E-state index contributed by atoms with van der Waals surface area (Å²) in [6.07, 6.45) is 4.11. The topological polar surface area (TPSA) is 28.4 Å². The smallest absolute Gasteiger partial charge is 0.159 e. The maximum Gasteiger partial charge on any atom is 0.159 e. The number of hydrogen-bond donors (Lipinski definition) is 1. The summed E-state index contributed by atoms with van der Waals surface area (Å²) < 4.78 is 6.64. The molecule has 0 saturated carbocycles. The van der Waals surface area contributed by atoms with Gasteiger partial charge in [-0.1, -0.05) is 152 Å². The van der Waals surface area contributed by atoms with Crippen LogP contribution in [0.3, 0.4) is 0 Å². The van der Waals surface area contributed by atoms with Gasteiger partial charge in [0.25, 0.3) is 0 Å². The quantitative estimate of drug-likeness (QED) is 0.187. The third-order valence-electron chi connectivity index (χ3n) is 9.58. The minimum Gasteiger partial charge on any atom is -0.456 e. The summed E-state index contributed by atoms with van der Waals surface area (Å²) in [7, 11) is 0. The van der Waals surface area contributed by atoms with Crippen molar-refractivity contribution in [1.82, 2.24) is 5.32 Å². The lowest BCUT2D eigenvalue weighted by molar-refractivity contribution is 0.533. The summed E-state index contributed by atoms with van der Waals surface area (Å²) in [4.78, 5) is 2.34. The molecule has 3 heteroatoms. The average Bonchev–Trinajstić information content (AvgIpc) is 3.59. The fourth-order valence-electron chi connectivity index (χ4n) is 7.04. The SMILES string of the molecule is C1=Cc2c(oc3c(N(c4ccc(-c5ccc(-c6ccccc6)cc5)cc4)c4ccccc4-c4ccc(-c5ccccc5)cc4)cccc23)CN1. The third-order valence-corrected chi connectivity index (χ3v) is 9.58. The Morgan fingerprint density at radius 3 is 1.56 bits per heavy atom. The highest BCUT2D eigenvalue weighted by Gasteiger charge is 2.23. The van der Waals surface area contributed by atoms with Gasteiger partial charge in [-0.15, -0.1) is 0 Å². The van der Waals surface area contributed by atoms with E-state index in [-0.39, 0.29) is 0 Å². The van der Waals surface area contributed by atoms with Crippen LogP contribution in [0.5, 0.6) is 0 Å². The molecule has 1 aliphatic heterocycles. The molecule has 0 aliphatic carbocycles. The number of rotatable bonds is 7. The molecule has 0 radical (unpaired) electrons. The molecule has 1 aromatic heterocycles. The highest BCUT2D eigenvalue weighted by atomic mass is 16.3. The van der Waals surface area contributed by atoms with Crippen LogP contribution in [0.15, 0.2) is 187 Å². The molecule has 3 nitrogen and oxygen atoms in total. The molecule has 0 saturated heterocycles. The summed E-state index contributed by atoms with van der Waals surface area (Å²) >= 11 is 0. The molecule has 0 amide bonds. The maximum absolute atomic E-state index is 6.64. The van der Waals surface area contributed by atoms with Crippen LogP contribution in [-0.2, 0) is 6.54 Å². The van der Waals surface area contributed by atoms with Gasteiger partial charge in [0.1, 0.15) is 5.76 Å². The predicted molar refractivity (Wildman–Crippen MR) is 209 cm³/mol. The lowest BCUT2D eigenvalue weighted by atomic mass is 9.97. The van der Waals surface area contributed by atoms with Crippen molar-refractivity contribution in [2.24, 2.45) is 0 Å². The molecule has 1 aliphatic rings. The zero-order valence-electron chi connectivity index (χ0n) is 27.5. The van der Waals surface area contributed by atoms with E-state index in [0.717, 1.165) is 50.5 Å². The van der Waals surface area contributed by atoms with Crippen molar-refractivity contribution < 1.29 is 4.42 Å². The average molecular weight is 643 g/mol. The molecule has 9 rings (SSSR count). The Morgan fingerprint density at radius 1 is 0.440 bits per heavy atom. The molecule has 0 bridgehead atoms. The van der Waals surface area contributed by atoms with Crippen molar-refractivity contribution >= 4 is 34.1 Å². The van der Waals surface area contributed by atoms with Crippen LogP contribution in [0.1, 0.15) is 11.3 Å². The first-order valence-electron chi connectivity index (χ1n) is 17.1. The van der Waals surface area contributed by atoms with Crippen molar-refractivity contribution in [1.29, 1.82) is 0 Å². The molecule has 0 fully saturated rings. The van der Waals surface area contributed by atoms with Crippen LogP contribution in [0.4, 0.5) is 17.1 Å². The Bertz CT molecular complexity index is 2440. The minimum atomic E-state index is 0.669. The third kappa shape index (κ3) is 5.45. The number of nitrogens with zero attached hydrogens (tertiary/aromatic N) is 1. The maximum atomic E-state index is 6.64. The standard InChI is InChI=1S/C47H34N2O/c1-3-10-33(11-4-1)35-18-20-37(21-19-35)38-26-28-40(29-27-38)49(45-17-9-15-43-42-30-31-48-32-46(42)50-47(43)45)44-16-8-7-14-41(44)39-24-22-36(23-25-39)34-12-5-2-6-13-34/h1-31,48H,32H2. The summed E-state index contributed by atoms with van der Waals surface area (Å²) in [5.74, 6) is 0.953. The van der Waals surface area contributed by atoms with E-state index >= 15 is 0 Å². The Hall–Kier alpha value is -6.58. The zero-order chi connectivity index (χ0) is 33.3. The number of benzene rings is 7. The zero-order valence-corrected chi connectivity index (χ0v) is 27.5. The molecular weight excluding hydrogens is 609 g/mol. The van der Waals surface area contributed by atoms with Gasteiger partial charge in [-0.2, -0.15) is 0 Å². The van der Waals surface area contributed by atoms with E-state index in [4.69, 9.17) is 4.42 Å². The molecule has 1 N–H and O–H groups in total. The van der Waals surface area contributed by atoms with E-state index in [0.29, 0.717) is 6.54 Å².